The predicted molar refractivity (Wildman–Crippen MR) is 77.6 cm³/mol. The highest BCUT2D eigenvalue weighted by Gasteiger charge is 2.22. The van der Waals surface area contributed by atoms with Crippen molar-refractivity contribution in [3.63, 3.8) is 0 Å². The van der Waals surface area contributed by atoms with E-state index in [1.165, 1.54) is 12.8 Å². The van der Waals surface area contributed by atoms with E-state index in [4.69, 9.17) is 0 Å². The number of hydrogen-bond donors (Lipinski definition) is 2. The second kappa shape index (κ2) is 6.24. The highest BCUT2D eigenvalue weighted by molar-refractivity contribution is 5.84. The largest absolute Gasteiger partial charge is 0.316 e. The number of nitrogens with zero attached hydrogens (tertiary/aromatic N) is 1. The molecule has 2 unspecified atom stereocenters. The van der Waals surface area contributed by atoms with Crippen molar-refractivity contribution >= 4 is 5.91 Å². The summed E-state index contributed by atoms with van der Waals surface area (Å²) in [4.78, 5) is 12.1. The number of nitrogens with one attached hydrogen (secondary N) is 2. The number of aromatic nitrogens is 1. The van der Waals surface area contributed by atoms with Gasteiger partial charge in [-0.1, -0.05) is 6.92 Å². The van der Waals surface area contributed by atoms with E-state index in [-0.39, 0.29) is 5.91 Å². The number of piperidine rings is 1. The summed E-state index contributed by atoms with van der Waals surface area (Å²) in [5, 5.41) is 3.42. The van der Waals surface area contributed by atoms with Crippen LogP contribution in [-0.2, 0) is 4.79 Å². The van der Waals surface area contributed by atoms with Gasteiger partial charge < -0.3 is 5.32 Å². The Morgan fingerprint density at radius 3 is 2.74 bits per heavy atom. The quantitative estimate of drug-likeness (QED) is 0.875. The van der Waals surface area contributed by atoms with Gasteiger partial charge in [0, 0.05) is 17.8 Å². The Morgan fingerprint density at radius 1 is 1.47 bits per heavy atom. The van der Waals surface area contributed by atoms with E-state index in [2.05, 4.69) is 17.7 Å². The van der Waals surface area contributed by atoms with E-state index in [9.17, 15) is 4.79 Å². The fourth-order valence-corrected chi connectivity index (χ4v) is 2.84. The van der Waals surface area contributed by atoms with Crippen LogP contribution in [0.1, 0.15) is 37.6 Å². The van der Waals surface area contributed by atoms with Gasteiger partial charge in [0.15, 0.2) is 0 Å². The van der Waals surface area contributed by atoms with Crippen molar-refractivity contribution in [2.75, 3.05) is 18.5 Å². The van der Waals surface area contributed by atoms with Gasteiger partial charge in [-0.15, -0.1) is 0 Å². The fourth-order valence-electron chi connectivity index (χ4n) is 2.84. The minimum atomic E-state index is 0.112. The van der Waals surface area contributed by atoms with E-state index < -0.39 is 0 Å². The molecule has 0 radical (unpaired) electrons. The summed E-state index contributed by atoms with van der Waals surface area (Å²) in [5.74, 6) is 1.18. The smallest absolute Gasteiger partial charge is 0.239 e. The molecule has 1 fully saturated rings. The molecule has 1 aromatic rings. The lowest BCUT2D eigenvalue weighted by Gasteiger charge is -2.28. The topological polar surface area (TPSA) is 46.1 Å². The van der Waals surface area contributed by atoms with Crippen LogP contribution in [0.4, 0.5) is 0 Å². The summed E-state index contributed by atoms with van der Waals surface area (Å²) in [6.07, 6.45) is 3.07. The molecule has 2 N–H and O–H groups in total. The molecule has 0 aliphatic carbocycles. The zero-order chi connectivity index (χ0) is 13.8. The van der Waals surface area contributed by atoms with Crippen molar-refractivity contribution in [2.45, 2.75) is 40.0 Å². The molecular weight excluding hydrogens is 238 g/mol. The second-order valence-electron chi connectivity index (χ2n) is 5.77. The van der Waals surface area contributed by atoms with E-state index in [0.29, 0.717) is 18.3 Å². The summed E-state index contributed by atoms with van der Waals surface area (Å²) < 4.78 is 1.87. The van der Waals surface area contributed by atoms with Crippen LogP contribution < -0.4 is 10.7 Å². The van der Waals surface area contributed by atoms with Crippen LogP contribution in [0.2, 0.25) is 0 Å². The molecule has 1 aliphatic heterocycles. The second-order valence-corrected chi connectivity index (χ2v) is 5.77. The molecule has 0 bridgehead atoms. The van der Waals surface area contributed by atoms with Crippen LogP contribution >= 0.6 is 0 Å². The van der Waals surface area contributed by atoms with Gasteiger partial charge in [-0.25, -0.2) is 0 Å². The third-order valence-corrected chi connectivity index (χ3v) is 4.15. The van der Waals surface area contributed by atoms with Crippen molar-refractivity contribution in [1.29, 1.82) is 0 Å². The molecule has 2 rings (SSSR count). The molecule has 106 valence electrons. The number of rotatable bonds is 4. The number of aryl methyl sites for hydroxylation is 2. The lowest BCUT2D eigenvalue weighted by molar-refractivity contribution is -0.118. The Bertz CT molecular complexity index is 413. The normalized spacial score (nSPS) is 21.1. The summed E-state index contributed by atoms with van der Waals surface area (Å²) in [5.41, 5.74) is 5.12. The zero-order valence-electron chi connectivity index (χ0n) is 12.2. The first kappa shape index (κ1) is 14.1. The lowest BCUT2D eigenvalue weighted by Crippen LogP contribution is -2.35. The Kier molecular flexibility index (Phi) is 4.64. The summed E-state index contributed by atoms with van der Waals surface area (Å²) in [7, 11) is 0. The lowest BCUT2D eigenvalue weighted by atomic mass is 9.85. The van der Waals surface area contributed by atoms with Gasteiger partial charge in [0.1, 0.15) is 0 Å². The van der Waals surface area contributed by atoms with Crippen LogP contribution in [-0.4, -0.2) is 23.7 Å². The Balaban J connectivity index is 1.87. The molecule has 2 atom stereocenters. The van der Waals surface area contributed by atoms with E-state index in [1.807, 2.05) is 30.7 Å². The average molecular weight is 263 g/mol. The summed E-state index contributed by atoms with van der Waals surface area (Å²) >= 11 is 0. The monoisotopic (exact) mass is 263 g/mol. The molecule has 1 saturated heterocycles. The van der Waals surface area contributed by atoms with Gasteiger partial charge in [0.2, 0.25) is 5.91 Å². The molecule has 0 saturated carbocycles. The predicted octanol–water partition coefficient (Wildman–Crippen LogP) is 2.20. The SMILES string of the molecule is Cc1ccc(C)n1NC(=O)CC(C)C1CCCNC1. The van der Waals surface area contributed by atoms with Crippen LogP contribution in [0.25, 0.3) is 0 Å². The molecule has 2 heterocycles. The Labute approximate surface area is 115 Å². The summed E-state index contributed by atoms with van der Waals surface area (Å²) in [6, 6.07) is 4.04. The Hall–Kier alpha value is -1.29. The van der Waals surface area contributed by atoms with Gasteiger partial charge in [0.05, 0.1) is 0 Å². The van der Waals surface area contributed by atoms with Crippen molar-refractivity contribution in [1.82, 2.24) is 9.99 Å². The number of carbonyl (C=O) groups is 1. The van der Waals surface area contributed by atoms with Crippen molar-refractivity contribution in [3.8, 4) is 0 Å². The third kappa shape index (κ3) is 3.60. The highest BCUT2D eigenvalue weighted by Crippen LogP contribution is 2.22. The van der Waals surface area contributed by atoms with Crippen molar-refractivity contribution in [3.05, 3.63) is 23.5 Å². The van der Waals surface area contributed by atoms with E-state index in [0.717, 1.165) is 24.5 Å². The van der Waals surface area contributed by atoms with Gasteiger partial charge >= 0.3 is 0 Å². The van der Waals surface area contributed by atoms with Crippen molar-refractivity contribution in [2.24, 2.45) is 11.8 Å². The van der Waals surface area contributed by atoms with E-state index in [1.54, 1.807) is 0 Å². The maximum atomic E-state index is 12.1. The first-order valence-electron chi connectivity index (χ1n) is 7.23. The molecule has 1 amide bonds. The van der Waals surface area contributed by atoms with Gasteiger partial charge in [-0.05, 0) is 63.7 Å². The van der Waals surface area contributed by atoms with Crippen LogP contribution in [0.5, 0.6) is 0 Å². The molecule has 0 aromatic carbocycles. The zero-order valence-corrected chi connectivity index (χ0v) is 12.2. The van der Waals surface area contributed by atoms with Crippen LogP contribution in [0, 0.1) is 25.7 Å². The summed E-state index contributed by atoms with van der Waals surface area (Å²) in [6.45, 7) is 8.36. The van der Waals surface area contributed by atoms with Crippen molar-refractivity contribution < 1.29 is 4.79 Å². The number of hydrogen-bond acceptors (Lipinski definition) is 2. The fraction of sp³-hybridized carbons (Fsp3) is 0.667. The third-order valence-electron chi connectivity index (χ3n) is 4.15. The van der Waals surface area contributed by atoms with E-state index >= 15 is 0 Å². The molecular formula is C15H25N3O. The Morgan fingerprint density at radius 2 is 2.16 bits per heavy atom. The standard InChI is InChI=1S/C15H25N3O/c1-11(14-5-4-8-16-10-14)9-15(19)17-18-12(2)6-7-13(18)3/h6-7,11,14,16H,4-5,8-10H2,1-3H3,(H,17,19). The van der Waals surface area contributed by atoms with Crippen LogP contribution in [0.3, 0.4) is 0 Å². The highest BCUT2D eigenvalue weighted by atomic mass is 16.2. The van der Waals surface area contributed by atoms with Gasteiger partial charge in [-0.2, -0.15) is 0 Å². The van der Waals surface area contributed by atoms with Gasteiger partial charge in [-0.3, -0.25) is 14.9 Å². The average Bonchev–Trinajstić information content (AvgIpc) is 2.71. The minimum Gasteiger partial charge on any atom is -0.316 e. The maximum absolute atomic E-state index is 12.1. The maximum Gasteiger partial charge on any atom is 0.239 e. The molecule has 1 aromatic heterocycles. The molecule has 1 aliphatic rings. The van der Waals surface area contributed by atoms with Gasteiger partial charge in [0.25, 0.3) is 0 Å². The number of amides is 1. The molecule has 4 heteroatoms. The first-order chi connectivity index (χ1) is 9.08. The van der Waals surface area contributed by atoms with Crippen LogP contribution in [0.15, 0.2) is 12.1 Å². The number of carbonyl (C=O) groups excluding carboxylic acids is 1. The minimum absolute atomic E-state index is 0.112. The first-order valence-corrected chi connectivity index (χ1v) is 7.23. The molecule has 4 nitrogen and oxygen atoms in total. The molecule has 0 spiro atoms. The molecule has 19 heavy (non-hydrogen) atoms.